The second kappa shape index (κ2) is 7.93. The molecule has 0 aliphatic carbocycles. The molecule has 3 rings (SSSR count). The molecule has 7 heteroatoms. The van der Waals surface area contributed by atoms with Crippen LogP contribution in [-0.4, -0.2) is 45.1 Å². The molecule has 1 unspecified atom stereocenters. The summed E-state index contributed by atoms with van der Waals surface area (Å²) in [6.45, 7) is 7.27. The number of guanidine groups is 1. The first-order valence-electron chi connectivity index (χ1n) is 8.82. The van der Waals surface area contributed by atoms with Gasteiger partial charge in [-0.15, -0.1) is 0 Å². The lowest BCUT2D eigenvalue weighted by Gasteiger charge is -2.21. The van der Waals surface area contributed by atoms with Crippen molar-refractivity contribution in [1.29, 1.82) is 0 Å². The maximum Gasteiger partial charge on any atom is 0.231 e. The Bertz CT molecular complexity index is 612. The van der Waals surface area contributed by atoms with Crippen LogP contribution in [0.1, 0.15) is 26.7 Å². The number of rotatable bonds is 6. The summed E-state index contributed by atoms with van der Waals surface area (Å²) >= 11 is 0. The maximum atomic E-state index is 5.82. The monoisotopic (exact) mass is 348 g/mol. The van der Waals surface area contributed by atoms with Gasteiger partial charge in [0.2, 0.25) is 6.79 Å². The second-order valence-electron chi connectivity index (χ2n) is 7.24. The highest BCUT2D eigenvalue weighted by Gasteiger charge is 2.19. The molecule has 0 spiro atoms. The molecule has 2 heterocycles. The smallest absolute Gasteiger partial charge is 0.231 e. The fraction of sp³-hybridized carbons (Fsp3) is 0.611. The van der Waals surface area contributed by atoms with Gasteiger partial charge >= 0.3 is 0 Å². The Morgan fingerprint density at radius 3 is 2.92 bits per heavy atom. The van der Waals surface area contributed by atoms with Gasteiger partial charge in [-0.05, 0) is 36.9 Å². The molecule has 0 radical (unpaired) electrons. The number of benzene rings is 1. The van der Waals surface area contributed by atoms with E-state index in [1.54, 1.807) is 0 Å². The van der Waals surface area contributed by atoms with Crippen molar-refractivity contribution in [2.24, 2.45) is 16.1 Å². The number of hydrogen-bond acceptors (Lipinski definition) is 5. The van der Waals surface area contributed by atoms with Crippen LogP contribution in [-0.2, 0) is 4.74 Å². The molecule has 1 saturated heterocycles. The molecule has 1 fully saturated rings. The van der Waals surface area contributed by atoms with Crippen LogP contribution in [0.5, 0.6) is 11.5 Å². The molecule has 1 aromatic rings. The van der Waals surface area contributed by atoms with Gasteiger partial charge in [-0.3, -0.25) is 4.99 Å². The minimum absolute atomic E-state index is 0.0483. The number of nitrogens with one attached hydrogen (secondary N) is 2. The van der Waals surface area contributed by atoms with Crippen molar-refractivity contribution in [3.05, 3.63) is 18.2 Å². The molecule has 25 heavy (non-hydrogen) atoms. The van der Waals surface area contributed by atoms with E-state index in [0.717, 1.165) is 49.1 Å². The summed E-state index contributed by atoms with van der Waals surface area (Å²) in [5.41, 5.74) is 6.67. The van der Waals surface area contributed by atoms with Gasteiger partial charge in [0.15, 0.2) is 17.5 Å². The summed E-state index contributed by atoms with van der Waals surface area (Å²) < 4.78 is 16.5. The van der Waals surface area contributed by atoms with Crippen molar-refractivity contribution in [2.75, 3.05) is 38.4 Å². The largest absolute Gasteiger partial charge is 0.454 e. The highest BCUT2D eigenvalue weighted by atomic mass is 16.7. The van der Waals surface area contributed by atoms with Crippen molar-refractivity contribution in [2.45, 2.75) is 32.8 Å². The molecule has 0 saturated carbocycles. The second-order valence-corrected chi connectivity index (χ2v) is 7.24. The van der Waals surface area contributed by atoms with Crippen LogP contribution in [0.4, 0.5) is 5.69 Å². The van der Waals surface area contributed by atoms with Crippen LogP contribution < -0.4 is 25.8 Å². The lowest BCUT2D eigenvalue weighted by molar-refractivity contribution is 0.114. The van der Waals surface area contributed by atoms with Crippen LogP contribution in [0.25, 0.3) is 0 Å². The molecule has 1 atom stereocenters. The third-order valence-corrected chi connectivity index (χ3v) is 4.37. The number of ether oxygens (including phenoxy) is 3. The molecule has 0 bridgehead atoms. The first-order valence-corrected chi connectivity index (χ1v) is 8.82. The molecule has 2 aliphatic heterocycles. The van der Waals surface area contributed by atoms with Crippen molar-refractivity contribution < 1.29 is 14.2 Å². The lowest BCUT2D eigenvalue weighted by Crippen LogP contribution is -2.38. The van der Waals surface area contributed by atoms with Gasteiger partial charge in [0.25, 0.3) is 0 Å². The standard InChI is InChI=1S/C18H28N4O3/c1-18(2,10-19)11-21-17(20-9-14-4-3-7-23-14)22-13-5-6-15-16(8-13)25-12-24-15/h5-6,8,14H,3-4,7,9-12,19H2,1-2H3,(H2,20,21,22). The van der Waals surface area contributed by atoms with E-state index in [1.807, 2.05) is 18.2 Å². The summed E-state index contributed by atoms with van der Waals surface area (Å²) in [4.78, 5) is 4.70. The van der Waals surface area contributed by atoms with E-state index >= 15 is 0 Å². The minimum atomic E-state index is -0.0483. The number of fused-ring (bicyclic) bond motifs is 1. The summed E-state index contributed by atoms with van der Waals surface area (Å²) in [5.74, 6) is 2.22. The number of aliphatic imine (C=N–C) groups is 1. The number of nitrogens with two attached hydrogens (primary N) is 1. The number of nitrogens with zero attached hydrogens (tertiary/aromatic N) is 1. The summed E-state index contributed by atoms with van der Waals surface area (Å²) in [5, 5.41) is 6.71. The number of hydrogen-bond donors (Lipinski definition) is 3. The quantitative estimate of drug-likeness (QED) is 0.538. The average molecular weight is 348 g/mol. The Morgan fingerprint density at radius 2 is 2.16 bits per heavy atom. The zero-order chi connectivity index (χ0) is 17.7. The third kappa shape index (κ3) is 4.99. The molecule has 4 N–H and O–H groups in total. The fourth-order valence-corrected chi connectivity index (χ4v) is 2.62. The Labute approximate surface area is 148 Å². The lowest BCUT2D eigenvalue weighted by atomic mass is 9.94. The van der Waals surface area contributed by atoms with E-state index in [1.165, 1.54) is 0 Å². The molecular weight excluding hydrogens is 320 g/mol. The van der Waals surface area contributed by atoms with Crippen molar-refractivity contribution in [3.8, 4) is 11.5 Å². The Balaban J connectivity index is 1.67. The van der Waals surface area contributed by atoms with Gasteiger partial charge in [0, 0.05) is 31.5 Å². The van der Waals surface area contributed by atoms with Crippen LogP contribution in [0.15, 0.2) is 23.2 Å². The Kier molecular flexibility index (Phi) is 5.65. The van der Waals surface area contributed by atoms with Crippen molar-refractivity contribution in [1.82, 2.24) is 5.32 Å². The Morgan fingerprint density at radius 1 is 1.32 bits per heavy atom. The summed E-state index contributed by atoms with van der Waals surface area (Å²) in [6, 6.07) is 5.76. The zero-order valence-corrected chi connectivity index (χ0v) is 15.0. The van der Waals surface area contributed by atoms with E-state index in [-0.39, 0.29) is 18.3 Å². The molecule has 0 amide bonds. The SMILES string of the molecule is CC(C)(CN)CN=C(NCC1CCCO1)Nc1ccc2c(c1)OCO2. The van der Waals surface area contributed by atoms with Gasteiger partial charge < -0.3 is 30.6 Å². The highest BCUT2D eigenvalue weighted by molar-refractivity contribution is 5.94. The summed E-state index contributed by atoms with van der Waals surface area (Å²) in [6.07, 6.45) is 2.44. The topological polar surface area (TPSA) is 90.1 Å². The normalized spacial score (nSPS) is 20.0. The first kappa shape index (κ1) is 17.8. The van der Waals surface area contributed by atoms with E-state index in [2.05, 4.69) is 24.5 Å². The Hall–Kier alpha value is -1.99. The van der Waals surface area contributed by atoms with E-state index < -0.39 is 0 Å². The first-order chi connectivity index (χ1) is 12.1. The van der Waals surface area contributed by atoms with Crippen LogP contribution in [0, 0.1) is 5.41 Å². The molecule has 2 aliphatic rings. The van der Waals surface area contributed by atoms with E-state index in [4.69, 9.17) is 24.9 Å². The zero-order valence-electron chi connectivity index (χ0n) is 15.0. The number of anilines is 1. The predicted octanol–water partition coefficient (Wildman–Crippen LogP) is 1.94. The van der Waals surface area contributed by atoms with Gasteiger partial charge in [0.05, 0.1) is 6.10 Å². The van der Waals surface area contributed by atoms with E-state index in [0.29, 0.717) is 13.1 Å². The van der Waals surface area contributed by atoms with Crippen molar-refractivity contribution >= 4 is 11.6 Å². The van der Waals surface area contributed by atoms with Gasteiger partial charge in [0.1, 0.15) is 0 Å². The molecule has 1 aromatic carbocycles. The third-order valence-electron chi connectivity index (χ3n) is 4.37. The van der Waals surface area contributed by atoms with Crippen LogP contribution >= 0.6 is 0 Å². The van der Waals surface area contributed by atoms with Crippen molar-refractivity contribution in [3.63, 3.8) is 0 Å². The molecule has 0 aromatic heterocycles. The fourth-order valence-electron chi connectivity index (χ4n) is 2.62. The van der Waals surface area contributed by atoms with Gasteiger partial charge in [-0.25, -0.2) is 0 Å². The maximum absolute atomic E-state index is 5.82. The van der Waals surface area contributed by atoms with Crippen LogP contribution in [0.3, 0.4) is 0 Å². The van der Waals surface area contributed by atoms with Gasteiger partial charge in [-0.2, -0.15) is 0 Å². The molecule has 138 valence electrons. The van der Waals surface area contributed by atoms with Gasteiger partial charge in [-0.1, -0.05) is 13.8 Å². The predicted molar refractivity (Wildman–Crippen MR) is 98.3 cm³/mol. The summed E-state index contributed by atoms with van der Waals surface area (Å²) in [7, 11) is 0. The average Bonchev–Trinajstić information content (AvgIpc) is 3.28. The molecular formula is C18H28N4O3. The van der Waals surface area contributed by atoms with E-state index in [9.17, 15) is 0 Å². The van der Waals surface area contributed by atoms with Crippen LogP contribution in [0.2, 0.25) is 0 Å². The highest BCUT2D eigenvalue weighted by Crippen LogP contribution is 2.34. The minimum Gasteiger partial charge on any atom is -0.454 e. The molecule has 7 nitrogen and oxygen atoms in total.